The van der Waals surface area contributed by atoms with Gasteiger partial charge in [0.05, 0.1) is 22.8 Å². The van der Waals surface area contributed by atoms with Crippen molar-refractivity contribution >= 4 is 34.8 Å². The molecule has 152 valence electrons. The molecule has 0 aromatic heterocycles. The van der Waals surface area contributed by atoms with Gasteiger partial charge in [0.15, 0.2) is 11.5 Å². The molecular formula is C21H24Cl3NO3. The largest absolute Gasteiger partial charge is 0.490 e. The van der Waals surface area contributed by atoms with Gasteiger partial charge in [0, 0.05) is 30.8 Å². The Morgan fingerprint density at radius 2 is 1.86 bits per heavy atom. The molecule has 2 aromatic carbocycles. The Morgan fingerprint density at radius 3 is 2.57 bits per heavy atom. The van der Waals surface area contributed by atoms with Crippen LogP contribution in [0, 0.1) is 0 Å². The van der Waals surface area contributed by atoms with Gasteiger partial charge in [-0.05, 0) is 49.1 Å². The molecular weight excluding hydrogens is 421 g/mol. The number of ether oxygens (including phenoxy) is 3. The van der Waals surface area contributed by atoms with Crippen LogP contribution in [0.15, 0.2) is 30.3 Å². The second-order valence-corrected chi connectivity index (χ2v) is 7.85. The summed E-state index contributed by atoms with van der Waals surface area (Å²) in [5.41, 5.74) is 1.88. The SMILES string of the molecule is CCOc1cc(CNCC2CCCO2)c(Cl)cc1OCc1ccc(Cl)c(Cl)c1. The molecule has 1 saturated heterocycles. The van der Waals surface area contributed by atoms with E-state index in [4.69, 9.17) is 49.0 Å². The van der Waals surface area contributed by atoms with Gasteiger partial charge in [-0.3, -0.25) is 0 Å². The zero-order chi connectivity index (χ0) is 19.9. The summed E-state index contributed by atoms with van der Waals surface area (Å²) in [6.45, 7) is 5.12. The summed E-state index contributed by atoms with van der Waals surface area (Å²) in [5, 5.41) is 5.06. The van der Waals surface area contributed by atoms with Crippen molar-refractivity contribution in [3.05, 3.63) is 56.5 Å². The maximum Gasteiger partial charge on any atom is 0.163 e. The minimum absolute atomic E-state index is 0.291. The van der Waals surface area contributed by atoms with Gasteiger partial charge in [0.25, 0.3) is 0 Å². The summed E-state index contributed by atoms with van der Waals surface area (Å²) in [6, 6.07) is 9.14. The topological polar surface area (TPSA) is 39.7 Å². The minimum Gasteiger partial charge on any atom is -0.490 e. The van der Waals surface area contributed by atoms with Crippen LogP contribution in [0.1, 0.15) is 30.9 Å². The molecule has 0 radical (unpaired) electrons. The predicted molar refractivity (Wildman–Crippen MR) is 114 cm³/mol. The molecule has 0 aliphatic carbocycles. The van der Waals surface area contributed by atoms with Crippen molar-refractivity contribution in [3.8, 4) is 11.5 Å². The van der Waals surface area contributed by atoms with Crippen molar-refractivity contribution < 1.29 is 14.2 Å². The zero-order valence-corrected chi connectivity index (χ0v) is 18.0. The smallest absolute Gasteiger partial charge is 0.163 e. The van der Waals surface area contributed by atoms with E-state index in [0.717, 1.165) is 37.1 Å². The first kappa shape index (κ1) is 21.5. The van der Waals surface area contributed by atoms with Crippen LogP contribution in [-0.2, 0) is 17.9 Å². The highest BCUT2D eigenvalue weighted by atomic mass is 35.5. The van der Waals surface area contributed by atoms with Crippen LogP contribution >= 0.6 is 34.8 Å². The lowest BCUT2D eigenvalue weighted by Crippen LogP contribution is -2.25. The maximum atomic E-state index is 6.48. The lowest BCUT2D eigenvalue weighted by molar-refractivity contribution is 0.110. The summed E-state index contributed by atoms with van der Waals surface area (Å²) in [7, 11) is 0. The summed E-state index contributed by atoms with van der Waals surface area (Å²) >= 11 is 18.5. The van der Waals surface area contributed by atoms with Gasteiger partial charge in [-0.25, -0.2) is 0 Å². The number of hydrogen-bond donors (Lipinski definition) is 1. The van der Waals surface area contributed by atoms with E-state index >= 15 is 0 Å². The molecule has 1 atom stereocenters. The van der Waals surface area contributed by atoms with Crippen LogP contribution in [0.4, 0.5) is 0 Å². The molecule has 0 amide bonds. The lowest BCUT2D eigenvalue weighted by Gasteiger charge is -2.16. The fourth-order valence-corrected chi connectivity index (χ4v) is 3.60. The van der Waals surface area contributed by atoms with Gasteiger partial charge in [0.2, 0.25) is 0 Å². The fraction of sp³-hybridized carbons (Fsp3) is 0.429. The molecule has 0 bridgehead atoms. The number of hydrogen-bond acceptors (Lipinski definition) is 4. The van der Waals surface area contributed by atoms with Crippen LogP contribution in [0.5, 0.6) is 11.5 Å². The van der Waals surface area contributed by atoms with E-state index in [2.05, 4.69) is 5.32 Å². The van der Waals surface area contributed by atoms with E-state index in [1.165, 1.54) is 0 Å². The molecule has 3 rings (SSSR count). The number of halogens is 3. The average molecular weight is 445 g/mol. The molecule has 1 N–H and O–H groups in total. The Labute approximate surface area is 181 Å². The van der Waals surface area contributed by atoms with Gasteiger partial charge in [-0.2, -0.15) is 0 Å². The van der Waals surface area contributed by atoms with E-state index in [1.807, 2.05) is 19.1 Å². The molecule has 0 spiro atoms. The van der Waals surface area contributed by atoms with Gasteiger partial charge in [-0.15, -0.1) is 0 Å². The van der Waals surface area contributed by atoms with Gasteiger partial charge in [0.1, 0.15) is 6.61 Å². The third kappa shape index (κ3) is 5.91. The molecule has 1 unspecified atom stereocenters. The van der Waals surface area contributed by atoms with Crippen LogP contribution in [0.3, 0.4) is 0 Å². The Balaban J connectivity index is 1.65. The Morgan fingerprint density at radius 1 is 1.04 bits per heavy atom. The maximum absolute atomic E-state index is 6.48. The van der Waals surface area contributed by atoms with Crippen LogP contribution < -0.4 is 14.8 Å². The highest BCUT2D eigenvalue weighted by molar-refractivity contribution is 6.42. The number of nitrogens with one attached hydrogen (secondary N) is 1. The van der Waals surface area contributed by atoms with Crippen molar-refractivity contribution in [3.63, 3.8) is 0 Å². The highest BCUT2D eigenvalue weighted by Crippen LogP contribution is 2.34. The first-order valence-electron chi connectivity index (χ1n) is 9.41. The van der Waals surface area contributed by atoms with Gasteiger partial charge >= 0.3 is 0 Å². The molecule has 0 saturated carbocycles. The molecule has 1 aliphatic rings. The van der Waals surface area contributed by atoms with E-state index < -0.39 is 0 Å². The quantitative estimate of drug-likeness (QED) is 0.523. The Kier molecular flexibility index (Phi) is 8.12. The van der Waals surface area contributed by atoms with Crippen LogP contribution in [-0.4, -0.2) is 25.9 Å². The fourth-order valence-electron chi connectivity index (χ4n) is 3.06. The predicted octanol–water partition coefficient (Wildman–Crippen LogP) is 5.89. The Bertz CT molecular complexity index is 795. The van der Waals surface area contributed by atoms with Gasteiger partial charge < -0.3 is 19.5 Å². The average Bonchev–Trinajstić information content (AvgIpc) is 3.19. The summed E-state index contributed by atoms with van der Waals surface area (Å²) < 4.78 is 17.3. The standard InChI is InChI=1S/C21H24Cl3NO3/c1-2-26-20-9-15(11-25-12-16-4-3-7-27-16)18(23)10-21(20)28-13-14-5-6-17(22)19(24)8-14/h5-6,8-10,16,25H,2-4,7,11-13H2,1H3. The zero-order valence-electron chi connectivity index (χ0n) is 15.8. The van der Waals surface area contributed by atoms with Crippen molar-refractivity contribution in [1.82, 2.24) is 5.32 Å². The summed E-state index contributed by atoms with van der Waals surface area (Å²) in [4.78, 5) is 0. The monoisotopic (exact) mass is 443 g/mol. The normalized spacial score (nSPS) is 16.4. The van der Waals surface area contributed by atoms with E-state index in [-0.39, 0.29) is 0 Å². The molecule has 4 nitrogen and oxygen atoms in total. The highest BCUT2D eigenvalue weighted by Gasteiger charge is 2.16. The van der Waals surface area contributed by atoms with Crippen LogP contribution in [0.25, 0.3) is 0 Å². The van der Waals surface area contributed by atoms with Gasteiger partial charge in [-0.1, -0.05) is 40.9 Å². The minimum atomic E-state index is 0.291. The molecule has 1 fully saturated rings. The van der Waals surface area contributed by atoms with Crippen molar-refractivity contribution in [2.45, 2.75) is 39.0 Å². The first-order valence-corrected chi connectivity index (χ1v) is 10.5. The van der Waals surface area contributed by atoms with E-state index in [1.54, 1.807) is 18.2 Å². The first-order chi connectivity index (χ1) is 13.6. The molecule has 1 aliphatic heterocycles. The van der Waals surface area contributed by atoms with Crippen molar-refractivity contribution in [2.24, 2.45) is 0 Å². The van der Waals surface area contributed by atoms with E-state index in [9.17, 15) is 0 Å². The number of benzene rings is 2. The van der Waals surface area contributed by atoms with Crippen molar-refractivity contribution in [1.29, 1.82) is 0 Å². The lowest BCUT2D eigenvalue weighted by atomic mass is 10.1. The third-order valence-electron chi connectivity index (χ3n) is 4.50. The second-order valence-electron chi connectivity index (χ2n) is 6.63. The molecule has 28 heavy (non-hydrogen) atoms. The van der Waals surface area contributed by atoms with Crippen molar-refractivity contribution in [2.75, 3.05) is 19.8 Å². The Hall–Kier alpha value is -1.17. The van der Waals surface area contributed by atoms with E-state index in [0.29, 0.717) is 52.4 Å². The summed E-state index contributed by atoms with van der Waals surface area (Å²) in [6.07, 6.45) is 2.53. The third-order valence-corrected chi connectivity index (χ3v) is 5.59. The molecule has 2 aromatic rings. The summed E-state index contributed by atoms with van der Waals surface area (Å²) in [5.74, 6) is 1.27. The second kappa shape index (κ2) is 10.6. The van der Waals surface area contributed by atoms with Crippen LogP contribution in [0.2, 0.25) is 15.1 Å². The number of rotatable bonds is 9. The molecule has 7 heteroatoms. The molecule has 1 heterocycles.